The van der Waals surface area contributed by atoms with Gasteiger partial charge in [-0.3, -0.25) is 9.59 Å². The third-order valence-electron chi connectivity index (χ3n) is 2.61. The van der Waals surface area contributed by atoms with Gasteiger partial charge in [0.05, 0.1) is 10.9 Å². The molecule has 0 radical (unpaired) electrons. The van der Waals surface area contributed by atoms with Crippen LogP contribution in [0.15, 0.2) is 24.3 Å². The number of benzene rings is 1. The number of nitrogens with two attached hydrogens (primary N) is 1. The highest BCUT2D eigenvalue weighted by atomic mass is 35.5. The number of halogens is 1. The Morgan fingerprint density at radius 3 is 2.89 bits per heavy atom. The molecule has 1 aromatic rings. The van der Waals surface area contributed by atoms with Crippen molar-refractivity contribution in [1.82, 2.24) is 0 Å². The number of hydrogen-bond acceptors (Lipinski definition) is 4. The molecule has 0 saturated carbocycles. The predicted octanol–water partition coefficient (Wildman–Crippen LogP) is 1.66. The Balaban J connectivity index is 2.19. The number of imide groups is 1. The van der Waals surface area contributed by atoms with Crippen LogP contribution in [-0.4, -0.2) is 29.4 Å². The fourth-order valence-electron chi connectivity index (χ4n) is 1.83. The van der Waals surface area contributed by atoms with Gasteiger partial charge in [0.2, 0.25) is 11.8 Å². The van der Waals surface area contributed by atoms with E-state index in [0.29, 0.717) is 23.0 Å². The van der Waals surface area contributed by atoms with Gasteiger partial charge in [-0.1, -0.05) is 17.7 Å². The van der Waals surface area contributed by atoms with Crippen LogP contribution in [0.1, 0.15) is 6.42 Å². The number of nitrogens with zero attached hydrogens (tertiary/aromatic N) is 1. The highest BCUT2D eigenvalue weighted by molar-refractivity contribution is 8.00. The second-order valence-corrected chi connectivity index (χ2v) is 5.65. The molecule has 1 aliphatic rings. The quantitative estimate of drug-likeness (QED) is 0.854. The molecule has 1 heterocycles. The lowest BCUT2D eigenvalue weighted by atomic mass is 10.3. The molecular formula is C12H13ClN2O2S. The van der Waals surface area contributed by atoms with Crippen LogP contribution >= 0.6 is 23.4 Å². The van der Waals surface area contributed by atoms with E-state index in [1.54, 1.807) is 24.3 Å². The molecule has 1 saturated heterocycles. The zero-order chi connectivity index (χ0) is 13.1. The van der Waals surface area contributed by atoms with Crippen molar-refractivity contribution >= 4 is 40.9 Å². The maximum Gasteiger partial charge on any atom is 0.247 e. The van der Waals surface area contributed by atoms with Gasteiger partial charge in [0.25, 0.3) is 0 Å². The first-order valence-electron chi connectivity index (χ1n) is 5.57. The lowest BCUT2D eigenvalue weighted by Gasteiger charge is -2.14. The van der Waals surface area contributed by atoms with Crippen molar-refractivity contribution in [1.29, 1.82) is 0 Å². The average molecular weight is 285 g/mol. The van der Waals surface area contributed by atoms with Crippen molar-refractivity contribution in [3.8, 4) is 0 Å². The van der Waals surface area contributed by atoms with E-state index < -0.39 is 0 Å². The first-order valence-corrected chi connectivity index (χ1v) is 7.00. The van der Waals surface area contributed by atoms with Gasteiger partial charge in [-0.15, -0.1) is 11.8 Å². The molecule has 0 aliphatic carbocycles. The van der Waals surface area contributed by atoms with Gasteiger partial charge in [-0.25, -0.2) is 4.90 Å². The summed E-state index contributed by atoms with van der Waals surface area (Å²) >= 11 is 7.30. The van der Waals surface area contributed by atoms with Gasteiger partial charge in [-0.2, -0.15) is 0 Å². The number of anilines is 1. The minimum Gasteiger partial charge on any atom is -0.330 e. The highest BCUT2D eigenvalue weighted by Gasteiger charge is 2.39. The Morgan fingerprint density at radius 2 is 2.22 bits per heavy atom. The Bertz CT molecular complexity index is 481. The molecule has 0 bridgehead atoms. The lowest BCUT2D eigenvalue weighted by molar-refractivity contribution is -0.121. The van der Waals surface area contributed by atoms with Crippen LogP contribution in [0.5, 0.6) is 0 Å². The second-order valence-electron chi connectivity index (χ2n) is 3.90. The largest absolute Gasteiger partial charge is 0.330 e. The smallest absolute Gasteiger partial charge is 0.247 e. The van der Waals surface area contributed by atoms with Crippen LogP contribution < -0.4 is 10.6 Å². The third kappa shape index (κ3) is 2.68. The zero-order valence-electron chi connectivity index (χ0n) is 9.64. The summed E-state index contributed by atoms with van der Waals surface area (Å²) in [5, 5.41) is 0.186. The van der Waals surface area contributed by atoms with Gasteiger partial charge in [0, 0.05) is 23.7 Å². The van der Waals surface area contributed by atoms with E-state index in [2.05, 4.69) is 0 Å². The number of thioether (sulfide) groups is 1. The van der Waals surface area contributed by atoms with E-state index >= 15 is 0 Å². The molecule has 0 spiro atoms. The number of rotatable bonds is 4. The van der Waals surface area contributed by atoms with Crippen LogP contribution in [0.25, 0.3) is 0 Å². The molecule has 2 rings (SSSR count). The zero-order valence-corrected chi connectivity index (χ0v) is 11.2. The number of carbonyl (C=O) groups excluding carboxylic acids is 2. The molecule has 96 valence electrons. The van der Waals surface area contributed by atoms with E-state index in [9.17, 15) is 9.59 Å². The van der Waals surface area contributed by atoms with Gasteiger partial charge in [0.1, 0.15) is 0 Å². The molecular weight excluding hydrogens is 272 g/mol. The molecule has 2 amide bonds. The van der Waals surface area contributed by atoms with Crippen molar-refractivity contribution in [2.45, 2.75) is 11.7 Å². The normalized spacial score (nSPS) is 19.7. The molecule has 0 aromatic heterocycles. The molecule has 6 heteroatoms. The second kappa shape index (κ2) is 5.73. The summed E-state index contributed by atoms with van der Waals surface area (Å²) in [6.45, 7) is 0.500. The summed E-state index contributed by atoms with van der Waals surface area (Å²) in [5.74, 6) is 0.310. The standard InChI is InChI=1S/C12H13ClN2O2S/c13-8-2-1-3-9(6-8)15-11(16)7-10(12(15)17)18-5-4-14/h1-3,6,10H,4-5,7,14H2/t10-/m1/s1. The molecule has 1 aliphatic heterocycles. The fourth-order valence-corrected chi connectivity index (χ4v) is 2.94. The van der Waals surface area contributed by atoms with Gasteiger partial charge >= 0.3 is 0 Å². The summed E-state index contributed by atoms with van der Waals surface area (Å²) in [6.07, 6.45) is 0.232. The van der Waals surface area contributed by atoms with E-state index in [0.717, 1.165) is 0 Å². The van der Waals surface area contributed by atoms with Gasteiger partial charge in [-0.05, 0) is 18.2 Å². The van der Waals surface area contributed by atoms with Crippen LogP contribution in [-0.2, 0) is 9.59 Å². The van der Waals surface area contributed by atoms with E-state index in [-0.39, 0.29) is 23.5 Å². The fraction of sp³-hybridized carbons (Fsp3) is 0.333. The first kappa shape index (κ1) is 13.4. The van der Waals surface area contributed by atoms with Crippen molar-refractivity contribution in [2.75, 3.05) is 17.2 Å². The monoisotopic (exact) mass is 284 g/mol. The summed E-state index contributed by atoms with van der Waals surface area (Å²) in [5.41, 5.74) is 5.94. The maximum atomic E-state index is 12.1. The Labute approximate surface area is 114 Å². The third-order valence-corrected chi connectivity index (χ3v) is 4.09. The van der Waals surface area contributed by atoms with E-state index in [1.807, 2.05) is 0 Å². The lowest BCUT2D eigenvalue weighted by Crippen LogP contribution is -2.31. The highest BCUT2D eigenvalue weighted by Crippen LogP contribution is 2.30. The van der Waals surface area contributed by atoms with Crippen molar-refractivity contribution < 1.29 is 9.59 Å². The van der Waals surface area contributed by atoms with E-state index in [4.69, 9.17) is 17.3 Å². The minimum absolute atomic E-state index is 0.180. The summed E-state index contributed by atoms with van der Waals surface area (Å²) in [6, 6.07) is 6.75. The number of hydrogen-bond donors (Lipinski definition) is 1. The summed E-state index contributed by atoms with van der Waals surface area (Å²) in [7, 11) is 0. The van der Waals surface area contributed by atoms with Crippen LogP contribution in [0, 0.1) is 0 Å². The average Bonchev–Trinajstić information content (AvgIpc) is 2.62. The van der Waals surface area contributed by atoms with Gasteiger partial charge in [0.15, 0.2) is 0 Å². The number of amides is 2. The van der Waals surface area contributed by atoms with Crippen LogP contribution in [0.2, 0.25) is 5.02 Å². The Kier molecular flexibility index (Phi) is 4.27. The van der Waals surface area contributed by atoms with Crippen molar-refractivity contribution in [2.24, 2.45) is 5.73 Å². The SMILES string of the molecule is NCCS[C@@H]1CC(=O)N(c2cccc(Cl)c2)C1=O. The maximum absolute atomic E-state index is 12.1. The molecule has 4 nitrogen and oxygen atoms in total. The molecule has 2 N–H and O–H groups in total. The molecule has 1 atom stereocenters. The minimum atomic E-state index is -0.319. The summed E-state index contributed by atoms with van der Waals surface area (Å²) < 4.78 is 0. The molecule has 18 heavy (non-hydrogen) atoms. The molecule has 0 unspecified atom stereocenters. The Morgan fingerprint density at radius 1 is 1.44 bits per heavy atom. The predicted molar refractivity (Wildman–Crippen MR) is 73.9 cm³/mol. The Hall–Kier alpha value is -1.04. The van der Waals surface area contributed by atoms with Crippen molar-refractivity contribution in [3.05, 3.63) is 29.3 Å². The molecule has 1 aromatic carbocycles. The van der Waals surface area contributed by atoms with Crippen molar-refractivity contribution in [3.63, 3.8) is 0 Å². The van der Waals surface area contributed by atoms with Gasteiger partial charge < -0.3 is 5.73 Å². The number of carbonyl (C=O) groups is 2. The van der Waals surface area contributed by atoms with Crippen LogP contribution in [0.3, 0.4) is 0 Å². The summed E-state index contributed by atoms with van der Waals surface area (Å²) in [4.78, 5) is 25.2. The van der Waals surface area contributed by atoms with Crippen LogP contribution in [0.4, 0.5) is 5.69 Å². The van der Waals surface area contributed by atoms with E-state index in [1.165, 1.54) is 16.7 Å². The topological polar surface area (TPSA) is 63.4 Å². The molecule has 1 fully saturated rings. The first-order chi connectivity index (χ1) is 8.63.